The Morgan fingerprint density at radius 2 is 1.92 bits per heavy atom. The third-order valence-corrected chi connectivity index (χ3v) is 4.80. The van der Waals surface area contributed by atoms with Gasteiger partial charge in [-0.1, -0.05) is 31.2 Å². The molecule has 1 saturated heterocycles. The van der Waals surface area contributed by atoms with Crippen LogP contribution in [-0.2, 0) is 9.59 Å². The van der Waals surface area contributed by atoms with Crippen molar-refractivity contribution in [3.8, 4) is 0 Å². The molecule has 1 aromatic heterocycles. The Kier molecular flexibility index (Phi) is 4.26. The minimum Gasteiger partial charge on any atom is -0.369 e. The third-order valence-electron chi connectivity index (χ3n) is 4.80. The molecular formula is C17H23N5O2. The second-order valence-corrected chi connectivity index (χ2v) is 7.06. The van der Waals surface area contributed by atoms with Crippen LogP contribution in [0, 0.1) is 5.41 Å². The second kappa shape index (κ2) is 6.22. The molecule has 1 aromatic carbocycles. The van der Waals surface area contributed by atoms with Gasteiger partial charge in [-0.15, -0.1) is 5.10 Å². The van der Waals surface area contributed by atoms with Crippen molar-refractivity contribution in [3.05, 3.63) is 24.3 Å². The molecule has 0 spiro atoms. The second-order valence-electron chi connectivity index (χ2n) is 7.06. The zero-order valence-corrected chi connectivity index (χ0v) is 14.1. The Morgan fingerprint density at radius 3 is 2.58 bits per heavy atom. The van der Waals surface area contributed by atoms with Crippen LogP contribution >= 0.6 is 0 Å². The first-order valence-corrected chi connectivity index (χ1v) is 8.26. The normalized spacial score (nSPS) is 16.5. The largest absolute Gasteiger partial charge is 0.369 e. The SMILES string of the molecule is CC(C)(CC(=O)N1CCC(n2nnc3ccccc32)CC1)C(N)=O. The van der Waals surface area contributed by atoms with Gasteiger partial charge in [-0.3, -0.25) is 9.59 Å². The van der Waals surface area contributed by atoms with Crippen LogP contribution in [0.25, 0.3) is 11.0 Å². The van der Waals surface area contributed by atoms with Crippen LogP contribution in [0.5, 0.6) is 0 Å². The van der Waals surface area contributed by atoms with Gasteiger partial charge in [-0.25, -0.2) is 4.68 Å². The molecule has 0 radical (unpaired) electrons. The zero-order chi connectivity index (χ0) is 17.3. The third kappa shape index (κ3) is 3.11. The molecule has 2 amide bonds. The molecule has 0 aliphatic carbocycles. The number of piperidine rings is 1. The number of primary amides is 1. The van der Waals surface area contributed by atoms with Gasteiger partial charge >= 0.3 is 0 Å². The number of nitrogens with two attached hydrogens (primary N) is 1. The number of likely N-dealkylation sites (tertiary alicyclic amines) is 1. The number of aromatic nitrogens is 3. The smallest absolute Gasteiger partial charge is 0.223 e. The van der Waals surface area contributed by atoms with Gasteiger partial charge in [0.1, 0.15) is 5.52 Å². The number of carbonyl (C=O) groups is 2. The van der Waals surface area contributed by atoms with Gasteiger partial charge in [0.25, 0.3) is 0 Å². The number of hydrogen-bond donors (Lipinski definition) is 1. The van der Waals surface area contributed by atoms with Crippen molar-refractivity contribution in [3.63, 3.8) is 0 Å². The maximum Gasteiger partial charge on any atom is 0.223 e. The van der Waals surface area contributed by atoms with Gasteiger partial charge in [0.05, 0.1) is 17.0 Å². The van der Waals surface area contributed by atoms with Crippen molar-refractivity contribution in [2.24, 2.45) is 11.1 Å². The molecular weight excluding hydrogens is 306 g/mol. The number of amides is 2. The van der Waals surface area contributed by atoms with Gasteiger partial charge in [0, 0.05) is 19.5 Å². The van der Waals surface area contributed by atoms with Gasteiger partial charge in [0.15, 0.2) is 0 Å². The molecule has 7 heteroatoms. The van der Waals surface area contributed by atoms with Crippen molar-refractivity contribution in [2.45, 2.75) is 39.2 Å². The molecule has 0 bridgehead atoms. The number of rotatable bonds is 4. The Labute approximate surface area is 140 Å². The maximum absolute atomic E-state index is 12.4. The maximum atomic E-state index is 12.4. The quantitative estimate of drug-likeness (QED) is 0.919. The molecule has 1 aliphatic heterocycles. The first-order valence-electron chi connectivity index (χ1n) is 8.26. The summed E-state index contributed by atoms with van der Waals surface area (Å²) in [5, 5.41) is 8.47. The number of carbonyl (C=O) groups excluding carboxylic acids is 2. The number of benzene rings is 1. The fourth-order valence-corrected chi connectivity index (χ4v) is 3.09. The molecule has 0 saturated carbocycles. The zero-order valence-electron chi connectivity index (χ0n) is 14.1. The molecule has 0 atom stereocenters. The van der Waals surface area contributed by atoms with Crippen LogP contribution in [0.1, 0.15) is 39.2 Å². The lowest BCUT2D eigenvalue weighted by Crippen LogP contribution is -2.43. The highest BCUT2D eigenvalue weighted by Gasteiger charge is 2.32. The van der Waals surface area contributed by atoms with Crippen LogP contribution in [0.3, 0.4) is 0 Å². The van der Waals surface area contributed by atoms with Gasteiger partial charge < -0.3 is 10.6 Å². The van der Waals surface area contributed by atoms with Crippen LogP contribution in [-0.4, -0.2) is 44.8 Å². The summed E-state index contributed by atoms with van der Waals surface area (Å²) in [6, 6.07) is 8.13. The van der Waals surface area contributed by atoms with E-state index in [0.717, 1.165) is 23.9 Å². The Bertz CT molecular complexity index is 759. The molecule has 7 nitrogen and oxygen atoms in total. The topological polar surface area (TPSA) is 94.1 Å². The van der Waals surface area contributed by atoms with E-state index in [1.54, 1.807) is 13.8 Å². The van der Waals surface area contributed by atoms with Crippen molar-refractivity contribution < 1.29 is 9.59 Å². The summed E-state index contributed by atoms with van der Waals surface area (Å²) in [5.74, 6) is -0.458. The Balaban J connectivity index is 1.64. The predicted molar refractivity (Wildman–Crippen MR) is 90.0 cm³/mol. The summed E-state index contributed by atoms with van der Waals surface area (Å²) < 4.78 is 1.96. The van der Waals surface area contributed by atoms with Gasteiger partial charge in [0.2, 0.25) is 11.8 Å². The van der Waals surface area contributed by atoms with Crippen LogP contribution in [0.2, 0.25) is 0 Å². The highest BCUT2D eigenvalue weighted by molar-refractivity contribution is 5.87. The monoisotopic (exact) mass is 329 g/mol. The molecule has 3 rings (SSSR count). The van der Waals surface area contributed by atoms with E-state index < -0.39 is 11.3 Å². The summed E-state index contributed by atoms with van der Waals surface area (Å²) >= 11 is 0. The van der Waals surface area contributed by atoms with Crippen molar-refractivity contribution in [1.29, 1.82) is 0 Å². The minimum absolute atomic E-state index is 0.0132. The lowest BCUT2D eigenvalue weighted by Gasteiger charge is -2.33. The van der Waals surface area contributed by atoms with Crippen molar-refractivity contribution in [1.82, 2.24) is 19.9 Å². The predicted octanol–water partition coefficient (Wildman–Crippen LogP) is 1.50. The van der Waals surface area contributed by atoms with Crippen molar-refractivity contribution in [2.75, 3.05) is 13.1 Å². The molecule has 2 heterocycles. The molecule has 2 N–H and O–H groups in total. The highest BCUT2D eigenvalue weighted by atomic mass is 16.2. The van der Waals surface area contributed by atoms with E-state index in [9.17, 15) is 9.59 Å². The first-order chi connectivity index (χ1) is 11.4. The molecule has 128 valence electrons. The van der Waals surface area contributed by atoms with E-state index in [2.05, 4.69) is 10.3 Å². The molecule has 1 fully saturated rings. The van der Waals surface area contributed by atoms with Crippen LogP contribution < -0.4 is 5.73 Å². The molecule has 24 heavy (non-hydrogen) atoms. The van der Waals surface area contributed by atoms with E-state index in [-0.39, 0.29) is 18.4 Å². The summed E-state index contributed by atoms with van der Waals surface area (Å²) in [6.45, 7) is 4.74. The number of fused-ring (bicyclic) bond motifs is 1. The standard InChI is InChI=1S/C17H23N5O2/c1-17(2,16(18)24)11-15(23)21-9-7-12(8-10-21)22-14-6-4-3-5-13(14)19-20-22/h3-6,12H,7-11H2,1-2H3,(H2,18,24). The summed E-state index contributed by atoms with van der Waals surface area (Å²) in [7, 11) is 0. The van der Waals surface area contributed by atoms with Gasteiger partial charge in [-0.2, -0.15) is 0 Å². The fraction of sp³-hybridized carbons (Fsp3) is 0.529. The average molecular weight is 329 g/mol. The Hall–Kier alpha value is -2.44. The van der Waals surface area contributed by atoms with Crippen molar-refractivity contribution >= 4 is 22.8 Å². The molecule has 0 unspecified atom stereocenters. The number of nitrogens with zero attached hydrogens (tertiary/aromatic N) is 4. The number of hydrogen-bond acceptors (Lipinski definition) is 4. The molecule has 2 aromatic rings. The van der Waals surface area contributed by atoms with E-state index in [1.165, 1.54) is 0 Å². The lowest BCUT2D eigenvalue weighted by atomic mass is 9.87. The summed E-state index contributed by atoms with van der Waals surface area (Å²) in [4.78, 5) is 25.6. The van der Waals surface area contributed by atoms with E-state index in [0.29, 0.717) is 13.1 Å². The van der Waals surface area contributed by atoms with Crippen LogP contribution in [0.15, 0.2) is 24.3 Å². The molecule has 1 aliphatic rings. The number of para-hydroxylation sites is 1. The summed E-state index contributed by atoms with van der Waals surface area (Å²) in [6.07, 6.45) is 1.81. The first kappa shape index (κ1) is 16.4. The fourth-order valence-electron chi connectivity index (χ4n) is 3.09. The Morgan fingerprint density at radius 1 is 1.25 bits per heavy atom. The average Bonchev–Trinajstić information content (AvgIpc) is 2.98. The van der Waals surface area contributed by atoms with Crippen LogP contribution in [0.4, 0.5) is 0 Å². The minimum atomic E-state index is -0.809. The van der Waals surface area contributed by atoms with E-state index in [1.807, 2.05) is 33.8 Å². The lowest BCUT2D eigenvalue weighted by molar-refractivity contribution is -0.139. The van der Waals surface area contributed by atoms with E-state index >= 15 is 0 Å². The van der Waals surface area contributed by atoms with Gasteiger partial charge in [-0.05, 0) is 25.0 Å². The van der Waals surface area contributed by atoms with E-state index in [4.69, 9.17) is 5.73 Å². The summed E-state index contributed by atoms with van der Waals surface area (Å²) in [5.41, 5.74) is 6.46. The highest BCUT2D eigenvalue weighted by Crippen LogP contribution is 2.27.